The average molecular weight is 219 g/mol. The largest absolute Gasteiger partial charge is 0.497 e. The van der Waals surface area contributed by atoms with Crippen molar-refractivity contribution in [2.75, 3.05) is 13.7 Å². The third-order valence-electron chi connectivity index (χ3n) is 3.26. The van der Waals surface area contributed by atoms with Gasteiger partial charge in [-0.05, 0) is 24.1 Å². The molecule has 0 bridgehead atoms. The highest BCUT2D eigenvalue weighted by atomic mass is 16.5. The maximum absolute atomic E-state index is 5.15. The van der Waals surface area contributed by atoms with Gasteiger partial charge in [-0.3, -0.25) is 4.90 Å². The molecule has 88 valence electrons. The lowest BCUT2D eigenvalue weighted by Crippen LogP contribution is -2.02. The second kappa shape index (κ2) is 5.35. The zero-order valence-corrected chi connectivity index (χ0v) is 10.3. The molecular weight excluding hydrogens is 198 g/mol. The van der Waals surface area contributed by atoms with Crippen LogP contribution in [0.3, 0.4) is 0 Å². The SMILES string of the molecule is CCCC[C@@H]1CN1Cc1ccc(OC)cc1. The summed E-state index contributed by atoms with van der Waals surface area (Å²) in [5.41, 5.74) is 1.39. The normalized spacial score (nSPS) is 23.1. The zero-order chi connectivity index (χ0) is 11.4. The Hall–Kier alpha value is -1.02. The molecule has 0 spiro atoms. The van der Waals surface area contributed by atoms with Crippen molar-refractivity contribution < 1.29 is 4.74 Å². The number of benzene rings is 1. The summed E-state index contributed by atoms with van der Waals surface area (Å²) in [5, 5.41) is 0. The van der Waals surface area contributed by atoms with Crippen LogP contribution in [-0.2, 0) is 6.54 Å². The van der Waals surface area contributed by atoms with E-state index in [0.717, 1.165) is 18.3 Å². The van der Waals surface area contributed by atoms with Crippen molar-refractivity contribution in [1.29, 1.82) is 0 Å². The lowest BCUT2D eigenvalue weighted by atomic mass is 10.2. The smallest absolute Gasteiger partial charge is 0.118 e. The predicted octanol–water partition coefficient (Wildman–Crippen LogP) is 3.07. The molecule has 1 unspecified atom stereocenters. The molecule has 1 aliphatic rings. The van der Waals surface area contributed by atoms with Crippen LogP contribution in [0.4, 0.5) is 0 Å². The number of nitrogens with zero attached hydrogens (tertiary/aromatic N) is 1. The van der Waals surface area contributed by atoms with Crippen molar-refractivity contribution >= 4 is 0 Å². The van der Waals surface area contributed by atoms with E-state index in [-0.39, 0.29) is 0 Å². The minimum absolute atomic E-state index is 0.849. The molecular formula is C14H21NO. The highest BCUT2D eigenvalue weighted by Crippen LogP contribution is 2.26. The van der Waals surface area contributed by atoms with Crippen molar-refractivity contribution in [1.82, 2.24) is 4.90 Å². The molecule has 1 fully saturated rings. The van der Waals surface area contributed by atoms with Gasteiger partial charge in [0.2, 0.25) is 0 Å². The van der Waals surface area contributed by atoms with Gasteiger partial charge < -0.3 is 4.74 Å². The molecule has 0 aromatic heterocycles. The summed E-state index contributed by atoms with van der Waals surface area (Å²) in [6.45, 7) is 4.64. The predicted molar refractivity (Wildman–Crippen MR) is 66.7 cm³/mol. The highest BCUT2D eigenvalue weighted by Gasteiger charge is 2.32. The molecule has 0 N–H and O–H groups in total. The molecule has 1 aromatic rings. The monoisotopic (exact) mass is 219 g/mol. The van der Waals surface area contributed by atoms with Crippen LogP contribution < -0.4 is 4.74 Å². The Morgan fingerprint density at radius 3 is 2.69 bits per heavy atom. The molecule has 1 saturated heterocycles. The summed E-state index contributed by atoms with van der Waals surface area (Å²) in [4.78, 5) is 2.54. The van der Waals surface area contributed by atoms with Gasteiger partial charge in [0.15, 0.2) is 0 Å². The molecule has 1 aromatic carbocycles. The van der Waals surface area contributed by atoms with Crippen molar-refractivity contribution in [3.8, 4) is 5.75 Å². The first-order valence-corrected chi connectivity index (χ1v) is 6.20. The van der Waals surface area contributed by atoms with Crippen LogP contribution in [0.2, 0.25) is 0 Å². The Labute approximate surface area is 98.2 Å². The molecule has 16 heavy (non-hydrogen) atoms. The van der Waals surface area contributed by atoms with Crippen molar-refractivity contribution in [2.24, 2.45) is 0 Å². The maximum Gasteiger partial charge on any atom is 0.118 e. The van der Waals surface area contributed by atoms with Crippen LogP contribution in [0.1, 0.15) is 31.7 Å². The molecule has 2 atom stereocenters. The first kappa shape index (κ1) is 11.5. The first-order valence-electron chi connectivity index (χ1n) is 6.20. The Bertz CT molecular complexity index is 320. The van der Waals surface area contributed by atoms with Crippen LogP contribution in [-0.4, -0.2) is 24.6 Å². The van der Waals surface area contributed by atoms with Crippen molar-refractivity contribution in [3.63, 3.8) is 0 Å². The Morgan fingerprint density at radius 2 is 2.06 bits per heavy atom. The summed E-state index contributed by atoms with van der Waals surface area (Å²) in [5.74, 6) is 0.942. The Balaban J connectivity index is 1.78. The molecule has 0 saturated carbocycles. The van der Waals surface area contributed by atoms with Crippen LogP contribution in [0.5, 0.6) is 5.75 Å². The van der Waals surface area contributed by atoms with Gasteiger partial charge in [0.05, 0.1) is 7.11 Å². The third kappa shape index (κ3) is 2.99. The average Bonchev–Trinajstić information content (AvgIpc) is 3.06. The molecule has 1 heterocycles. The van der Waals surface area contributed by atoms with Gasteiger partial charge in [-0.25, -0.2) is 0 Å². The maximum atomic E-state index is 5.15. The number of hydrogen-bond acceptors (Lipinski definition) is 2. The van der Waals surface area contributed by atoms with Gasteiger partial charge in [0.25, 0.3) is 0 Å². The van der Waals surface area contributed by atoms with E-state index in [2.05, 4.69) is 24.0 Å². The van der Waals surface area contributed by atoms with Gasteiger partial charge in [0.1, 0.15) is 5.75 Å². The molecule has 2 rings (SSSR count). The van der Waals surface area contributed by atoms with Crippen molar-refractivity contribution in [3.05, 3.63) is 29.8 Å². The summed E-state index contributed by atoms with van der Waals surface area (Å²) in [7, 11) is 1.71. The standard InChI is InChI=1S/C14H21NO/c1-3-4-5-13-11-15(13)10-12-6-8-14(16-2)9-7-12/h6-9,13H,3-5,10-11H2,1-2H3/t13-,15?/m1/s1. The number of hydrogen-bond donors (Lipinski definition) is 0. The minimum atomic E-state index is 0.849. The lowest BCUT2D eigenvalue weighted by Gasteiger charge is -2.05. The van der Waals surface area contributed by atoms with Crippen molar-refractivity contribution in [2.45, 2.75) is 38.8 Å². The molecule has 0 aliphatic carbocycles. The van der Waals surface area contributed by atoms with Gasteiger partial charge >= 0.3 is 0 Å². The van der Waals surface area contributed by atoms with Crippen LogP contribution in [0.15, 0.2) is 24.3 Å². The Kier molecular flexibility index (Phi) is 3.83. The highest BCUT2D eigenvalue weighted by molar-refractivity contribution is 5.27. The van der Waals surface area contributed by atoms with E-state index in [1.54, 1.807) is 7.11 Å². The van der Waals surface area contributed by atoms with E-state index in [0.29, 0.717) is 0 Å². The van der Waals surface area contributed by atoms with Gasteiger partial charge in [-0.15, -0.1) is 0 Å². The molecule has 0 radical (unpaired) electrons. The molecule has 1 aliphatic heterocycles. The fourth-order valence-corrected chi connectivity index (χ4v) is 2.10. The second-order valence-electron chi connectivity index (χ2n) is 4.57. The molecule has 2 nitrogen and oxygen atoms in total. The van der Waals surface area contributed by atoms with E-state index in [4.69, 9.17) is 4.74 Å². The van der Waals surface area contributed by atoms with Crippen LogP contribution in [0, 0.1) is 0 Å². The second-order valence-corrected chi connectivity index (χ2v) is 4.57. The van der Waals surface area contributed by atoms with Crippen LogP contribution in [0.25, 0.3) is 0 Å². The summed E-state index contributed by atoms with van der Waals surface area (Å²) in [6, 6.07) is 9.25. The van der Waals surface area contributed by atoms with E-state index in [1.165, 1.54) is 31.4 Å². The Morgan fingerprint density at radius 1 is 1.31 bits per heavy atom. The summed E-state index contributed by atoms with van der Waals surface area (Å²) >= 11 is 0. The number of ether oxygens (including phenoxy) is 1. The fourth-order valence-electron chi connectivity index (χ4n) is 2.10. The number of unbranched alkanes of at least 4 members (excludes halogenated alkanes) is 1. The van der Waals surface area contributed by atoms with E-state index in [9.17, 15) is 0 Å². The lowest BCUT2D eigenvalue weighted by molar-refractivity contribution is 0.414. The first-order chi connectivity index (χ1) is 7.83. The molecule has 2 heteroatoms. The van der Waals surface area contributed by atoms with E-state index in [1.807, 2.05) is 12.1 Å². The number of rotatable bonds is 6. The van der Waals surface area contributed by atoms with Gasteiger partial charge in [-0.1, -0.05) is 31.9 Å². The zero-order valence-electron chi connectivity index (χ0n) is 10.3. The summed E-state index contributed by atoms with van der Waals surface area (Å²) in [6.07, 6.45) is 4.04. The topological polar surface area (TPSA) is 12.2 Å². The van der Waals surface area contributed by atoms with Gasteiger partial charge in [0, 0.05) is 19.1 Å². The summed E-state index contributed by atoms with van der Waals surface area (Å²) < 4.78 is 5.15. The minimum Gasteiger partial charge on any atom is -0.497 e. The third-order valence-corrected chi connectivity index (χ3v) is 3.26. The fraction of sp³-hybridized carbons (Fsp3) is 0.571. The quantitative estimate of drug-likeness (QED) is 0.682. The number of methoxy groups -OCH3 is 1. The van der Waals surface area contributed by atoms with Gasteiger partial charge in [-0.2, -0.15) is 0 Å². The van der Waals surface area contributed by atoms with Crippen LogP contribution >= 0.6 is 0 Å². The van der Waals surface area contributed by atoms with E-state index >= 15 is 0 Å². The molecule has 0 amide bonds. The van der Waals surface area contributed by atoms with E-state index < -0.39 is 0 Å².